The number of thiophene rings is 6. The topological polar surface area (TPSA) is 0 Å². The van der Waals surface area contributed by atoms with E-state index in [1.807, 2.05) is 34.0 Å². The first-order chi connectivity index (χ1) is 51.5. The number of benzene rings is 4. The fourth-order valence-electron chi connectivity index (χ4n) is 19.6. The molecule has 0 aliphatic heterocycles. The zero-order valence-corrected chi connectivity index (χ0v) is 71.7. The minimum absolute atomic E-state index is 0.177. The van der Waals surface area contributed by atoms with Crippen LogP contribution in [-0.2, 0) is 54.8 Å². The first-order valence-electron chi connectivity index (χ1n) is 42.8. The number of aryl methyl sites for hydroxylation is 6. The predicted molar refractivity (Wildman–Crippen MR) is 474 cm³/mol. The summed E-state index contributed by atoms with van der Waals surface area (Å²) in [6, 6.07) is 39.9. The fraction of sp³-hybridized carbons (Fsp3) is 0.515. The highest BCUT2D eigenvalue weighted by molar-refractivity contribution is 7.24. The number of hydrogen-bond acceptors (Lipinski definition) is 6. The van der Waals surface area contributed by atoms with Crippen LogP contribution in [0.4, 0.5) is 0 Å². The van der Waals surface area contributed by atoms with Crippen LogP contribution in [0.1, 0.15) is 342 Å². The zero-order chi connectivity index (χ0) is 73.2. The van der Waals surface area contributed by atoms with Crippen LogP contribution in [0.15, 0.2) is 107 Å². The SMILES string of the molecule is CCCCCCc1csc(-c2sc(-c3ccc4c(c3)-c3c(c5c(c6c3C(CC)(CC)c3ccc(-c7cc(CCCCCC)c(-c8cc(CCCCCC)cs8)s7)cc3-6)C(CC)(CC)c3ccc(-c6cc(CCCCCC)c(-c7cc(CCCCCC)cs7)s6)cc3-5)C4(CC)CC)cc2CCCCCC)c1. The minimum atomic E-state index is -0.177. The van der Waals surface area contributed by atoms with Crippen molar-refractivity contribution in [1.82, 2.24) is 0 Å². The second kappa shape index (κ2) is 35.8. The molecule has 0 bridgehead atoms. The van der Waals surface area contributed by atoms with Gasteiger partial charge in [0.1, 0.15) is 0 Å². The summed E-state index contributed by atoms with van der Waals surface area (Å²) in [5.41, 5.74) is 32.0. The Balaban J connectivity index is 1.04. The van der Waals surface area contributed by atoms with E-state index in [1.165, 1.54) is 267 Å². The summed E-state index contributed by atoms with van der Waals surface area (Å²) in [5, 5.41) is 7.47. The third-order valence-electron chi connectivity index (χ3n) is 25.7. The maximum Gasteiger partial charge on any atom is 0.0481 e. The first kappa shape index (κ1) is 78.2. The van der Waals surface area contributed by atoms with Gasteiger partial charge in [0.15, 0.2) is 0 Å². The molecular formula is C99H126S6. The molecule has 558 valence electrons. The molecule has 10 aromatic rings. The predicted octanol–water partition coefficient (Wildman–Crippen LogP) is 34.1. The van der Waals surface area contributed by atoms with E-state index >= 15 is 0 Å². The molecule has 0 saturated heterocycles. The largest absolute Gasteiger partial charge is 0.143 e. The molecule has 0 unspecified atom stereocenters. The van der Waals surface area contributed by atoms with E-state index in [4.69, 9.17) is 0 Å². The summed E-state index contributed by atoms with van der Waals surface area (Å²) in [6.07, 6.45) is 44.4. The molecule has 0 fully saturated rings. The molecule has 0 amide bonds. The Kier molecular flexibility index (Phi) is 26.7. The van der Waals surface area contributed by atoms with Crippen LogP contribution < -0.4 is 0 Å². The smallest absolute Gasteiger partial charge is 0.0481 e. The molecule has 6 heteroatoms. The Hall–Kier alpha value is -4.92. The minimum Gasteiger partial charge on any atom is -0.143 e. The quantitative estimate of drug-likeness (QED) is 0.0335. The van der Waals surface area contributed by atoms with E-state index in [0.717, 1.165) is 57.8 Å². The average Bonchev–Trinajstić information content (AvgIpc) is 1.48. The van der Waals surface area contributed by atoms with Crippen LogP contribution in [0, 0.1) is 0 Å². The monoisotopic (exact) mass is 1510 g/mol. The summed E-state index contributed by atoms with van der Waals surface area (Å²) in [6.45, 7) is 29.4. The lowest BCUT2D eigenvalue weighted by molar-refractivity contribution is 0.473. The molecule has 0 nitrogen and oxygen atoms in total. The van der Waals surface area contributed by atoms with Crippen LogP contribution >= 0.6 is 68.0 Å². The molecule has 6 heterocycles. The molecule has 0 N–H and O–H groups in total. The van der Waals surface area contributed by atoms with Crippen molar-refractivity contribution in [2.45, 2.75) is 330 Å². The van der Waals surface area contributed by atoms with Gasteiger partial charge in [0.2, 0.25) is 0 Å². The van der Waals surface area contributed by atoms with Crippen molar-refractivity contribution < 1.29 is 0 Å². The van der Waals surface area contributed by atoms with Crippen LogP contribution in [0.2, 0.25) is 0 Å². The third kappa shape index (κ3) is 15.3. The van der Waals surface area contributed by atoms with Gasteiger partial charge >= 0.3 is 0 Å². The van der Waals surface area contributed by atoms with Gasteiger partial charge in [-0.05, 0) is 303 Å². The van der Waals surface area contributed by atoms with Gasteiger partial charge in [-0.25, -0.2) is 0 Å². The molecule has 105 heavy (non-hydrogen) atoms. The Labute approximate surface area is 660 Å². The standard InChI is InChI=1S/C99H126S6/c1-13-25-31-37-43-67-55-85(100-64-67)94-73(46-40-34-28-16-4)61-82(103-94)70-49-52-79-76(58-70)88-91(97(79,19-7)20-8)89-78-60-72(84-63-75(48-42-36-30-18-6)96(105-84)87-57-69(66-102-87)45-39-33-27-15-3)51-54-81(78)99(23-11,24-12)93(89)90-77-59-71(50-53-80(77)98(21-9,22-10)92(88)90)83-62-74(47-41-35-29-17-5)95(104-83)86-56-68(65-101-86)44-38-32-26-14-2/h49-66H,13-48H2,1-12H3. The second-order valence-electron chi connectivity index (χ2n) is 32.1. The van der Waals surface area contributed by atoms with Crippen molar-refractivity contribution in [1.29, 1.82) is 0 Å². The Morgan fingerprint density at radius 3 is 0.733 bits per heavy atom. The van der Waals surface area contributed by atoms with Gasteiger partial charge in [-0.15, -0.1) is 68.0 Å². The van der Waals surface area contributed by atoms with E-state index in [1.54, 1.807) is 66.8 Å². The van der Waals surface area contributed by atoms with Crippen molar-refractivity contribution in [3.63, 3.8) is 0 Å². The third-order valence-corrected chi connectivity index (χ3v) is 32.9. The number of fused-ring (bicyclic) bond motifs is 12. The van der Waals surface area contributed by atoms with Gasteiger partial charge in [-0.2, -0.15) is 0 Å². The van der Waals surface area contributed by atoms with Crippen molar-refractivity contribution >= 4 is 68.0 Å². The Morgan fingerprint density at radius 2 is 0.495 bits per heavy atom. The van der Waals surface area contributed by atoms with Crippen molar-refractivity contribution in [2.24, 2.45) is 0 Å². The molecule has 3 aliphatic rings. The molecule has 0 radical (unpaired) electrons. The average molecular weight is 1510 g/mol. The highest BCUT2D eigenvalue weighted by Crippen LogP contribution is 2.71. The molecule has 0 spiro atoms. The van der Waals surface area contributed by atoms with E-state index in [-0.39, 0.29) is 16.2 Å². The molecule has 6 aromatic heterocycles. The highest BCUT2D eigenvalue weighted by Gasteiger charge is 2.56. The molecule has 3 aliphatic carbocycles. The zero-order valence-electron chi connectivity index (χ0n) is 66.8. The van der Waals surface area contributed by atoms with E-state index in [2.05, 4.69) is 224 Å². The van der Waals surface area contributed by atoms with Gasteiger partial charge in [0.25, 0.3) is 0 Å². The van der Waals surface area contributed by atoms with Crippen LogP contribution in [0.25, 0.3) is 94.0 Å². The van der Waals surface area contributed by atoms with Gasteiger partial charge in [-0.3, -0.25) is 0 Å². The van der Waals surface area contributed by atoms with Crippen molar-refractivity contribution in [3.8, 4) is 94.0 Å². The van der Waals surface area contributed by atoms with E-state index < -0.39 is 0 Å². The molecule has 0 atom stereocenters. The summed E-state index contributed by atoms with van der Waals surface area (Å²) in [5.74, 6) is 0. The van der Waals surface area contributed by atoms with E-state index in [0.29, 0.717) is 0 Å². The van der Waals surface area contributed by atoms with Crippen LogP contribution in [0.5, 0.6) is 0 Å². The lowest BCUT2D eigenvalue weighted by Gasteiger charge is -2.37. The highest BCUT2D eigenvalue weighted by atomic mass is 32.1. The summed E-state index contributed by atoms with van der Waals surface area (Å²) >= 11 is 12.3. The maximum absolute atomic E-state index is 2.77. The number of rotatable bonds is 42. The van der Waals surface area contributed by atoms with Crippen LogP contribution in [0.3, 0.4) is 0 Å². The van der Waals surface area contributed by atoms with Gasteiger partial charge in [0.05, 0.1) is 0 Å². The fourth-order valence-corrected chi connectivity index (χ4v) is 26.5. The number of hydrogen-bond donors (Lipinski definition) is 0. The summed E-state index contributed by atoms with van der Waals surface area (Å²) < 4.78 is 0. The van der Waals surface area contributed by atoms with Gasteiger partial charge < -0.3 is 0 Å². The van der Waals surface area contributed by atoms with Gasteiger partial charge in [0, 0.05) is 60.1 Å². The Bertz CT molecular complexity index is 4040. The second-order valence-corrected chi connectivity index (χ2v) is 38.0. The number of unbranched alkanes of at least 4 members (excludes halogenated alkanes) is 18. The summed E-state index contributed by atoms with van der Waals surface area (Å²) in [4.78, 5) is 13.3. The lowest BCUT2D eigenvalue weighted by Crippen LogP contribution is -2.29. The molecule has 13 rings (SSSR count). The normalized spacial score (nSPS) is 14.2. The first-order valence-corrected chi connectivity index (χ1v) is 47.9. The molecular weight excluding hydrogens is 1380 g/mol. The van der Waals surface area contributed by atoms with Crippen LogP contribution in [-0.4, -0.2) is 0 Å². The molecule has 0 saturated carbocycles. The Morgan fingerprint density at radius 1 is 0.248 bits per heavy atom. The van der Waals surface area contributed by atoms with Gasteiger partial charge in [-0.1, -0.05) is 235 Å². The maximum atomic E-state index is 2.77. The summed E-state index contributed by atoms with van der Waals surface area (Å²) in [7, 11) is 0. The lowest BCUT2D eigenvalue weighted by atomic mass is 9.65. The molecule has 4 aromatic carbocycles. The van der Waals surface area contributed by atoms with E-state index in [9.17, 15) is 0 Å². The van der Waals surface area contributed by atoms with Crippen molar-refractivity contribution in [3.05, 3.63) is 174 Å². The van der Waals surface area contributed by atoms with Crippen molar-refractivity contribution in [2.75, 3.05) is 0 Å².